The van der Waals surface area contributed by atoms with Gasteiger partial charge in [0.2, 0.25) is 5.91 Å². The molecule has 2 aromatic rings. The van der Waals surface area contributed by atoms with Gasteiger partial charge in [-0.2, -0.15) is 5.10 Å². The smallest absolute Gasteiger partial charge is 0.220 e. The predicted octanol–water partition coefficient (Wildman–Crippen LogP) is 3.97. The number of likely N-dealkylation sites (tertiary alicyclic amines) is 1. The van der Waals surface area contributed by atoms with Crippen LogP contribution in [0, 0.1) is 5.41 Å². The molecule has 0 saturated carbocycles. The first-order valence-corrected chi connectivity index (χ1v) is 11.8. The van der Waals surface area contributed by atoms with Gasteiger partial charge in [-0.05, 0) is 51.4 Å². The maximum atomic E-state index is 12.0. The molecule has 1 atom stereocenters. The Kier molecular flexibility index (Phi) is 9.28. The van der Waals surface area contributed by atoms with Gasteiger partial charge in [0.05, 0.1) is 5.69 Å². The number of nitrogens with zero attached hydrogens (tertiary/aromatic N) is 3. The number of aryl methyl sites for hydroxylation is 1. The summed E-state index contributed by atoms with van der Waals surface area (Å²) in [6.07, 6.45) is 9.64. The van der Waals surface area contributed by atoms with E-state index in [0.717, 1.165) is 63.0 Å². The summed E-state index contributed by atoms with van der Waals surface area (Å²) in [7, 11) is 2.14. The van der Waals surface area contributed by atoms with Gasteiger partial charge in [0.15, 0.2) is 0 Å². The van der Waals surface area contributed by atoms with Crippen LogP contribution in [0.2, 0.25) is 0 Å². The lowest BCUT2D eigenvalue weighted by Gasteiger charge is -2.19. The highest BCUT2D eigenvalue weighted by atomic mass is 16.1. The standard InChI is InChI=1S/C25H37N5O/c1-29-18-11-14-22(29)20-27-25(31)15-9-4-2-3-5-10-19-30-24(26)17-16-23(28-30)21-12-7-6-8-13-21/h6-8,12-13,16-17,22,26H,2-5,9-11,14-15,18-20H2,1H3,(H,27,31). The van der Waals surface area contributed by atoms with Crippen LogP contribution in [-0.2, 0) is 11.3 Å². The van der Waals surface area contributed by atoms with Crippen molar-refractivity contribution in [1.82, 2.24) is 20.0 Å². The minimum atomic E-state index is 0.198. The van der Waals surface area contributed by atoms with E-state index in [0.29, 0.717) is 18.0 Å². The number of nitrogens with one attached hydrogen (secondary N) is 2. The number of hydrogen-bond acceptors (Lipinski definition) is 4. The van der Waals surface area contributed by atoms with Crippen molar-refractivity contribution in [1.29, 1.82) is 5.41 Å². The molecule has 0 spiro atoms. The zero-order chi connectivity index (χ0) is 21.9. The van der Waals surface area contributed by atoms with Gasteiger partial charge in [0, 0.05) is 31.1 Å². The number of hydrogen-bond donors (Lipinski definition) is 2. The number of unbranched alkanes of at least 4 members (excludes halogenated alkanes) is 5. The van der Waals surface area contributed by atoms with Crippen molar-refractivity contribution in [2.45, 2.75) is 70.4 Å². The van der Waals surface area contributed by atoms with E-state index in [4.69, 9.17) is 5.41 Å². The first kappa shape index (κ1) is 23.2. The Morgan fingerprint density at radius 3 is 2.55 bits per heavy atom. The van der Waals surface area contributed by atoms with Crippen molar-refractivity contribution in [2.24, 2.45) is 0 Å². The number of amides is 1. The molecule has 1 fully saturated rings. The van der Waals surface area contributed by atoms with Gasteiger partial charge in [0.1, 0.15) is 5.49 Å². The third-order valence-corrected chi connectivity index (χ3v) is 6.21. The van der Waals surface area contributed by atoms with Gasteiger partial charge in [-0.1, -0.05) is 56.0 Å². The Labute approximate surface area is 186 Å². The van der Waals surface area contributed by atoms with E-state index in [1.54, 1.807) is 4.68 Å². The van der Waals surface area contributed by atoms with Crippen LogP contribution >= 0.6 is 0 Å². The molecular formula is C25H37N5O. The summed E-state index contributed by atoms with van der Waals surface area (Å²) < 4.78 is 1.80. The molecule has 168 valence electrons. The molecular weight excluding hydrogens is 386 g/mol. The molecule has 1 aromatic carbocycles. The molecule has 1 unspecified atom stereocenters. The lowest BCUT2D eigenvalue weighted by atomic mass is 10.1. The topological polar surface area (TPSA) is 74.0 Å². The largest absolute Gasteiger partial charge is 0.355 e. The average Bonchev–Trinajstić information content (AvgIpc) is 3.20. The fourth-order valence-corrected chi connectivity index (χ4v) is 4.21. The first-order chi connectivity index (χ1) is 15.1. The minimum absolute atomic E-state index is 0.198. The van der Waals surface area contributed by atoms with Crippen LogP contribution in [0.15, 0.2) is 42.5 Å². The second-order valence-corrected chi connectivity index (χ2v) is 8.65. The van der Waals surface area contributed by atoms with Crippen LogP contribution in [0.1, 0.15) is 57.8 Å². The van der Waals surface area contributed by atoms with Gasteiger partial charge in [-0.15, -0.1) is 0 Å². The molecule has 0 bridgehead atoms. The van der Waals surface area contributed by atoms with Crippen molar-refractivity contribution < 1.29 is 4.79 Å². The SMILES string of the molecule is CN1CCCC1CNC(=O)CCCCCCCCn1nc(-c2ccccc2)ccc1=N. The molecule has 1 amide bonds. The van der Waals surface area contributed by atoms with Gasteiger partial charge in [-0.25, -0.2) is 4.68 Å². The molecule has 6 heteroatoms. The van der Waals surface area contributed by atoms with Crippen LogP contribution in [0.25, 0.3) is 11.3 Å². The minimum Gasteiger partial charge on any atom is -0.355 e. The monoisotopic (exact) mass is 423 g/mol. The molecule has 1 aliphatic heterocycles. The number of carbonyl (C=O) groups is 1. The zero-order valence-corrected chi connectivity index (χ0v) is 18.9. The molecule has 1 aliphatic rings. The Morgan fingerprint density at radius 1 is 1.06 bits per heavy atom. The first-order valence-electron chi connectivity index (χ1n) is 11.8. The quantitative estimate of drug-likeness (QED) is 0.507. The summed E-state index contributed by atoms with van der Waals surface area (Å²) in [5, 5.41) is 15.8. The zero-order valence-electron chi connectivity index (χ0n) is 18.9. The second-order valence-electron chi connectivity index (χ2n) is 8.65. The van der Waals surface area contributed by atoms with Crippen molar-refractivity contribution >= 4 is 5.91 Å². The van der Waals surface area contributed by atoms with Gasteiger partial charge in [0.25, 0.3) is 0 Å². The predicted molar refractivity (Wildman–Crippen MR) is 124 cm³/mol. The molecule has 1 saturated heterocycles. The van der Waals surface area contributed by atoms with Crippen molar-refractivity contribution in [2.75, 3.05) is 20.1 Å². The third-order valence-electron chi connectivity index (χ3n) is 6.21. The normalized spacial score (nSPS) is 16.5. The Hall–Kier alpha value is -2.47. The maximum Gasteiger partial charge on any atom is 0.220 e. The van der Waals surface area contributed by atoms with Gasteiger partial charge in [-0.3, -0.25) is 10.2 Å². The van der Waals surface area contributed by atoms with Crippen LogP contribution in [-0.4, -0.2) is 46.8 Å². The van der Waals surface area contributed by atoms with E-state index in [9.17, 15) is 4.79 Å². The molecule has 3 rings (SSSR count). The highest BCUT2D eigenvalue weighted by Gasteiger charge is 2.20. The molecule has 31 heavy (non-hydrogen) atoms. The maximum absolute atomic E-state index is 12.0. The molecule has 1 aromatic heterocycles. The van der Waals surface area contributed by atoms with Gasteiger partial charge < -0.3 is 10.2 Å². The molecule has 0 aliphatic carbocycles. The summed E-state index contributed by atoms with van der Waals surface area (Å²) >= 11 is 0. The van der Waals surface area contributed by atoms with Crippen molar-refractivity contribution in [3.63, 3.8) is 0 Å². The Bertz CT molecular complexity index is 864. The van der Waals surface area contributed by atoms with E-state index < -0.39 is 0 Å². The van der Waals surface area contributed by atoms with Crippen LogP contribution < -0.4 is 10.8 Å². The van der Waals surface area contributed by atoms with E-state index in [-0.39, 0.29) is 5.91 Å². The fourth-order valence-electron chi connectivity index (χ4n) is 4.21. The summed E-state index contributed by atoms with van der Waals surface area (Å²) in [4.78, 5) is 14.3. The van der Waals surface area contributed by atoms with Crippen molar-refractivity contribution in [3.05, 3.63) is 48.0 Å². The Balaban J connectivity index is 1.25. The molecule has 6 nitrogen and oxygen atoms in total. The van der Waals surface area contributed by atoms with Crippen LogP contribution in [0.5, 0.6) is 0 Å². The number of rotatable bonds is 12. The summed E-state index contributed by atoms with van der Waals surface area (Å²) in [6.45, 7) is 2.72. The molecule has 2 heterocycles. The number of carbonyl (C=O) groups excluding carboxylic acids is 1. The van der Waals surface area contributed by atoms with E-state index in [1.165, 1.54) is 19.3 Å². The third kappa shape index (κ3) is 7.62. The van der Waals surface area contributed by atoms with E-state index in [1.807, 2.05) is 42.5 Å². The summed E-state index contributed by atoms with van der Waals surface area (Å²) in [6, 6.07) is 14.4. The van der Waals surface area contributed by atoms with Gasteiger partial charge >= 0.3 is 0 Å². The number of benzene rings is 1. The molecule has 2 N–H and O–H groups in total. The van der Waals surface area contributed by atoms with E-state index >= 15 is 0 Å². The molecule has 0 radical (unpaired) electrons. The van der Waals surface area contributed by atoms with E-state index in [2.05, 4.69) is 22.4 Å². The van der Waals surface area contributed by atoms with Crippen molar-refractivity contribution in [3.8, 4) is 11.3 Å². The van der Waals surface area contributed by atoms with Crippen LogP contribution in [0.3, 0.4) is 0 Å². The number of aromatic nitrogens is 2. The summed E-state index contributed by atoms with van der Waals surface area (Å²) in [5.41, 5.74) is 2.44. The lowest BCUT2D eigenvalue weighted by molar-refractivity contribution is -0.121. The second kappa shape index (κ2) is 12.4. The highest BCUT2D eigenvalue weighted by molar-refractivity contribution is 5.75. The number of likely N-dealkylation sites (N-methyl/N-ethyl adjacent to an activating group) is 1. The highest BCUT2D eigenvalue weighted by Crippen LogP contribution is 2.15. The van der Waals surface area contributed by atoms with Crippen LogP contribution in [0.4, 0.5) is 0 Å². The average molecular weight is 424 g/mol. The lowest BCUT2D eigenvalue weighted by Crippen LogP contribution is -2.38. The fraction of sp³-hybridized carbons (Fsp3) is 0.560. The summed E-state index contributed by atoms with van der Waals surface area (Å²) in [5.74, 6) is 0.198. The Morgan fingerprint density at radius 2 is 1.81 bits per heavy atom.